The Morgan fingerprint density at radius 3 is 1.74 bits per heavy atom. The van der Waals surface area contributed by atoms with Crippen molar-refractivity contribution in [2.75, 3.05) is 6.61 Å². The van der Waals surface area contributed by atoms with Crippen molar-refractivity contribution in [1.82, 2.24) is 0 Å². The molecule has 0 unspecified atom stereocenters. The van der Waals surface area contributed by atoms with Gasteiger partial charge in [-0.2, -0.15) is 0 Å². The fourth-order valence-corrected chi connectivity index (χ4v) is 4.84. The molecule has 1 aliphatic heterocycles. The highest BCUT2D eigenvalue weighted by Crippen LogP contribution is 2.52. The summed E-state index contributed by atoms with van der Waals surface area (Å²) >= 11 is 0. The van der Waals surface area contributed by atoms with Crippen molar-refractivity contribution >= 4 is 21.5 Å². The summed E-state index contributed by atoms with van der Waals surface area (Å²) < 4.78 is 12.2. The Labute approximate surface area is 181 Å². The van der Waals surface area contributed by atoms with Crippen LogP contribution in [-0.4, -0.2) is 6.61 Å². The maximum absolute atomic E-state index is 6.48. The fraction of sp³-hybridized carbons (Fsp3) is 0.103. The lowest BCUT2D eigenvalue weighted by molar-refractivity contribution is 0.340. The van der Waals surface area contributed by atoms with Crippen LogP contribution in [-0.2, 0) is 0 Å². The van der Waals surface area contributed by atoms with E-state index in [0.29, 0.717) is 6.61 Å². The molecule has 0 aliphatic carbocycles. The van der Waals surface area contributed by atoms with Crippen LogP contribution in [0.3, 0.4) is 0 Å². The molecule has 31 heavy (non-hydrogen) atoms. The Hall–Kier alpha value is -3.78. The minimum absolute atomic E-state index is 0.0756. The summed E-state index contributed by atoms with van der Waals surface area (Å²) in [4.78, 5) is 0. The molecule has 0 saturated carbocycles. The van der Waals surface area contributed by atoms with Crippen molar-refractivity contribution in [3.8, 4) is 17.2 Å². The number of hydrogen-bond acceptors (Lipinski definition) is 2. The normalized spacial score (nSPS) is 12.9. The SMILES string of the molecule is CCOc1ccc(C2c3c(ccc4ccccc34)Oc3ccc4ccccc4c32)cc1. The van der Waals surface area contributed by atoms with Crippen LogP contribution in [0.1, 0.15) is 29.5 Å². The van der Waals surface area contributed by atoms with Gasteiger partial charge in [-0.25, -0.2) is 0 Å². The molecule has 0 bridgehead atoms. The van der Waals surface area contributed by atoms with Gasteiger partial charge in [0.25, 0.3) is 0 Å². The van der Waals surface area contributed by atoms with Crippen LogP contribution < -0.4 is 9.47 Å². The van der Waals surface area contributed by atoms with E-state index in [1.165, 1.54) is 38.2 Å². The lowest BCUT2D eigenvalue weighted by atomic mass is 9.78. The molecule has 6 rings (SSSR count). The Kier molecular flexibility index (Phi) is 4.17. The predicted octanol–water partition coefficient (Wildman–Crippen LogP) is 7.68. The zero-order valence-electron chi connectivity index (χ0n) is 17.3. The fourth-order valence-electron chi connectivity index (χ4n) is 4.84. The first-order valence-corrected chi connectivity index (χ1v) is 10.8. The smallest absolute Gasteiger partial charge is 0.132 e. The maximum atomic E-state index is 6.48. The van der Waals surface area contributed by atoms with Gasteiger partial charge in [0.1, 0.15) is 17.2 Å². The van der Waals surface area contributed by atoms with Crippen molar-refractivity contribution in [3.63, 3.8) is 0 Å². The van der Waals surface area contributed by atoms with E-state index in [0.717, 1.165) is 17.2 Å². The largest absolute Gasteiger partial charge is 0.494 e. The Balaban J connectivity index is 1.68. The van der Waals surface area contributed by atoms with Gasteiger partial charge in [-0.3, -0.25) is 0 Å². The van der Waals surface area contributed by atoms with E-state index in [2.05, 4.69) is 97.1 Å². The van der Waals surface area contributed by atoms with Crippen molar-refractivity contribution in [2.45, 2.75) is 12.8 Å². The van der Waals surface area contributed by atoms with Crippen LogP contribution in [0.25, 0.3) is 21.5 Å². The Bertz CT molecular complexity index is 1330. The van der Waals surface area contributed by atoms with Crippen molar-refractivity contribution < 1.29 is 9.47 Å². The van der Waals surface area contributed by atoms with Gasteiger partial charge >= 0.3 is 0 Å². The van der Waals surface area contributed by atoms with Crippen LogP contribution in [0.5, 0.6) is 17.2 Å². The topological polar surface area (TPSA) is 18.5 Å². The molecule has 2 nitrogen and oxygen atoms in total. The highest BCUT2D eigenvalue weighted by Gasteiger charge is 2.32. The molecule has 1 aliphatic rings. The molecular weight excluding hydrogens is 380 g/mol. The van der Waals surface area contributed by atoms with Gasteiger partial charge in [0.05, 0.1) is 6.61 Å². The first-order valence-electron chi connectivity index (χ1n) is 10.8. The number of rotatable bonds is 3. The van der Waals surface area contributed by atoms with Crippen molar-refractivity contribution in [2.24, 2.45) is 0 Å². The van der Waals surface area contributed by atoms with E-state index in [1.54, 1.807) is 0 Å². The van der Waals surface area contributed by atoms with Gasteiger partial charge in [0.2, 0.25) is 0 Å². The summed E-state index contributed by atoms with van der Waals surface area (Å²) in [5, 5.41) is 4.92. The average Bonchev–Trinajstić information content (AvgIpc) is 2.83. The van der Waals surface area contributed by atoms with Gasteiger partial charge in [-0.1, -0.05) is 72.8 Å². The molecule has 0 fully saturated rings. The quantitative estimate of drug-likeness (QED) is 0.302. The van der Waals surface area contributed by atoms with E-state index in [4.69, 9.17) is 9.47 Å². The van der Waals surface area contributed by atoms with Crippen molar-refractivity contribution in [1.29, 1.82) is 0 Å². The summed E-state index contributed by atoms with van der Waals surface area (Å²) in [6, 6.07) is 34.2. The first kappa shape index (κ1) is 18.0. The second-order valence-electron chi connectivity index (χ2n) is 7.93. The Morgan fingerprint density at radius 2 is 1.19 bits per heavy atom. The van der Waals surface area contributed by atoms with Gasteiger partial charge in [-0.15, -0.1) is 0 Å². The molecule has 0 atom stereocenters. The zero-order chi connectivity index (χ0) is 20.8. The lowest BCUT2D eigenvalue weighted by Crippen LogP contribution is -2.13. The molecule has 150 valence electrons. The van der Waals surface area contributed by atoms with Crippen LogP contribution >= 0.6 is 0 Å². The number of hydrogen-bond donors (Lipinski definition) is 0. The molecule has 0 aromatic heterocycles. The number of fused-ring (bicyclic) bond motifs is 6. The van der Waals surface area contributed by atoms with E-state index in [1.807, 2.05) is 6.92 Å². The van der Waals surface area contributed by atoms with E-state index in [9.17, 15) is 0 Å². The molecule has 1 heterocycles. The van der Waals surface area contributed by atoms with Crippen LogP contribution in [0, 0.1) is 0 Å². The summed E-state index contributed by atoms with van der Waals surface area (Å²) in [6.45, 7) is 2.68. The molecule has 0 spiro atoms. The monoisotopic (exact) mass is 402 g/mol. The first-order chi connectivity index (χ1) is 15.3. The zero-order valence-corrected chi connectivity index (χ0v) is 17.3. The average molecular weight is 402 g/mol. The predicted molar refractivity (Wildman–Crippen MR) is 127 cm³/mol. The molecule has 0 saturated heterocycles. The number of ether oxygens (including phenoxy) is 2. The lowest BCUT2D eigenvalue weighted by Gasteiger charge is -2.31. The summed E-state index contributed by atoms with van der Waals surface area (Å²) in [5.41, 5.74) is 3.69. The van der Waals surface area contributed by atoms with Gasteiger partial charge < -0.3 is 9.47 Å². The van der Waals surface area contributed by atoms with Crippen LogP contribution in [0.15, 0.2) is 97.1 Å². The standard InChI is InChI=1S/C29H22O2/c1-2-30-22-15-11-21(12-16-22)27-28-23-9-5-3-7-19(23)13-17-25(28)31-26-18-14-20-8-4-6-10-24(20)29(26)27/h3-18,27H,2H2,1H3. The van der Waals surface area contributed by atoms with Gasteiger partial charge in [0, 0.05) is 17.0 Å². The second kappa shape index (κ2) is 7.17. The summed E-state index contributed by atoms with van der Waals surface area (Å²) in [6.07, 6.45) is 0. The highest BCUT2D eigenvalue weighted by molar-refractivity contribution is 5.95. The molecule has 5 aromatic rings. The highest BCUT2D eigenvalue weighted by atomic mass is 16.5. The Morgan fingerprint density at radius 1 is 0.645 bits per heavy atom. The van der Waals surface area contributed by atoms with Gasteiger partial charge in [-0.05, 0) is 58.3 Å². The van der Waals surface area contributed by atoms with Crippen molar-refractivity contribution in [3.05, 3.63) is 114 Å². The van der Waals surface area contributed by atoms with E-state index < -0.39 is 0 Å². The summed E-state index contributed by atoms with van der Waals surface area (Å²) in [7, 11) is 0. The molecule has 0 amide bonds. The van der Waals surface area contributed by atoms with E-state index >= 15 is 0 Å². The molecule has 5 aromatic carbocycles. The molecule has 0 radical (unpaired) electrons. The minimum Gasteiger partial charge on any atom is -0.494 e. The molecule has 2 heteroatoms. The summed E-state index contributed by atoms with van der Waals surface area (Å²) in [5.74, 6) is 2.84. The third-order valence-electron chi connectivity index (χ3n) is 6.18. The minimum atomic E-state index is 0.0756. The second-order valence-corrected chi connectivity index (χ2v) is 7.93. The van der Waals surface area contributed by atoms with E-state index in [-0.39, 0.29) is 5.92 Å². The number of benzene rings is 5. The molecular formula is C29H22O2. The third-order valence-corrected chi connectivity index (χ3v) is 6.18. The van der Waals surface area contributed by atoms with Crippen LogP contribution in [0.2, 0.25) is 0 Å². The molecule has 0 N–H and O–H groups in total. The van der Waals surface area contributed by atoms with Crippen LogP contribution in [0.4, 0.5) is 0 Å². The third kappa shape index (κ3) is 2.87. The van der Waals surface area contributed by atoms with Gasteiger partial charge in [0.15, 0.2) is 0 Å². The maximum Gasteiger partial charge on any atom is 0.132 e.